The first-order valence-electron chi connectivity index (χ1n) is 9.06. The third kappa shape index (κ3) is 4.88. The molecule has 0 bridgehead atoms. The van der Waals surface area contributed by atoms with Gasteiger partial charge in [0.15, 0.2) is 9.84 Å². The number of rotatable bonds is 4. The number of nitrogens with zero attached hydrogens (tertiary/aromatic N) is 2. The van der Waals surface area contributed by atoms with Crippen molar-refractivity contribution in [3.8, 4) is 5.75 Å². The molecule has 0 spiro atoms. The number of nitrogens with one attached hydrogen (secondary N) is 1. The Morgan fingerprint density at radius 2 is 2.04 bits per heavy atom. The number of hydrogen-bond donors (Lipinski definition) is 2. The summed E-state index contributed by atoms with van der Waals surface area (Å²) in [7, 11) is -1.31. The van der Waals surface area contributed by atoms with Crippen LogP contribution in [0.1, 0.15) is 24.8 Å². The number of likely N-dealkylation sites (tertiary alicyclic amines) is 1. The fourth-order valence-electron chi connectivity index (χ4n) is 3.67. The molecule has 2 heterocycles. The molecule has 0 aliphatic carbocycles. The van der Waals surface area contributed by atoms with Gasteiger partial charge in [-0.05, 0) is 37.0 Å². The lowest BCUT2D eigenvalue weighted by atomic mass is 10.0. The third-order valence-corrected chi connectivity index (χ3v) is 7.06. The van der Waals surface area contributed by atoms with E-state index in [0.717, 1.165) is 38.0 Å². The standard InChI is InChI=1S/C18H27N3O4S/c1-20(16-7-10-26(24,25)13-16)18(23)19-15-5-8-21(9-6-15)12-14-3-2-4-17(22)11-14/h2-4,11,15-16,22H,5-10,12-13H2,1H3,(H,19,23)/t16-/m0/s1. The largest absolute Gasteiger partial charge is 0.508 e. The summed E-state index contributed by atoms with van der Waals surface area (Å²) in [5, 5.41) is 12.6. The van der Waals surface area contributed by atoms with E-state index in [0.29, 0.717) is 6.42 Å². The molecule has 2 fully saturated rings. The van der Waals surface area contributed by atoms with Crippen LogP contribution in [0.25, 0.3) is 0 Å². The van der Waals surface area contributed by atoms with E-state index in [9.17, 15) is 18.3 Å². The first kappa shape index (κ1) is 19.0. The second-order valence-corrected chi connectivity index (χ2v) is 9.57. The molecule has 2 N–H and O–H groups in total. The average molecular weight is 381 g/mol. The average Bonchev–Trinajstić information content (AvgIpc) is 2.96. The number of carbonyl (C=O) groups is 1. The third-order valence-electron chi connectivity index (χ3n) is 5.31. The highest BCUT2D eigenvalue weighted by molar-refractivity contribution is 7.91. The van der Waals surface area contributed by atoms with Crippen LogP contribution in [0.2, 0.25) is 0 Å². The molecule has 2 aliphatic rings. The monoisotopic (exact) mass is 381 g/mol. The predicted octanol–water partition coefficient (Wildman–Crippen LogP) is 1.19. The molecule has 7 nitrogen and oxygen atoms in total. The Morgan fingerprint density at radius 3 is 2.65 bits per heavy atom. The Labute approximate surface area is 154 Å². The molecule has 0 aromatic heterocycles. The van der Waals surface area contributed by atoms with Crippen molar-refractivity contribution in [3.63, 3.8) is 0 Å². The summed E-state index contributed by atoms with van der Waals surface area (Å²) in [6.45, 7) is 2.54. The molecule has 8 heteroatoms. The van der Waals surface area contributed by atoms with E-state index in [1.54, 1.807) is 24.1 Å². The highest BCUT2D eigenvalue weighted by atomic mass is 32.2. The molecule has 26 heavy (non-hydrogen) atoms. The number of hydrogen-bond acceptors (Lipinski definition) is 5. The molecule has 0 saturated carbocycles. The van der Waals surface area contributed by atoms with Gasteiger partial charge in [0, 0.05) is 38.8 Å². The fraction of sp³-hybridized carbons (Fsp3) is 0.611. The van der Waals surface area contributed by atoms with E-state index in [1.165, 1.54) is 0 Å². The van der Waals surface area contributed by atoms with Crippen molar-refractivity contribution < 1.29 is 18.3 Å². The molecule has 2 aliphatic heterocycles. The van der Waals surface area contributed by atoms with Crippen LogP contribution in [0.5, 0.6) is 5.75 Å². The predicted molar refractivity (Wildman–Crippen MR) is 99.8 cm³/mol. The van der Waals surface area contributed by atoms with Gasteiger partial charge < -0.3 is 15.3 Å². The number of urea groups is 1. The van der Waals surface area contributed by atoms with Crippen molar-refractivity contribution in [1.29, 1.82) is 0 Å². The van der Waals surface area contributed by atoms with Crippen molar-refractivity contribution in [2.24, 2.45) is 0 Å². The zero-order valence-corrected chi connectivity index (χ0v) is 15.9. The zero-order valence-electron chi connectivity index (χ0n) is 15.1. The minimum Gasteiger partial charge on any atom is -0.508 e. The molecule has 1 aromatic rings. The lowest BCUT2D eigenvalue weighted by molar-refractivity contribution is 0.167. The summed E-state index contributed by atoms with van der Waals surface area (Å²) in [6.07, 6.45) is 2.25. The van der Waals surface area contributed by atoms with Crippen molar-refractivity contribution in [1.82, 2.24) is 15.1 Å². The van der Waals surface area contributed by atoms with Crippen LogP contribution in [0.15, 0.2) is 24.3 Å². The van der Waals surface area contributed by atoms with Gasteiger partial charge in [-0.15, -0.1) is 0 Å². The topological polar surface area (TPSA) is 89.9 Å². The second kappa shape index (κ2) is 7.84. The number of carbonyl (C=O) groups excluding carboxylic acids is 1. The number of piperidine rings is 1. The van der Waals surface area contributed by atoms with Crippen molar-refractivity contribution in [2.45, 2.75) is 37.9 Å². The van der Waals surface area contributed by atoms with Crippen molar-refractivity contribution in [2.75, 3.05) is 31.6 Å². The Kier molecular flexibility index (Phi) is 5.72. The van der Waals surface area contributed by atoms with Crippen LogP contribution in [-0.4, -0.2) is 73.1 Å². The maximum absolute atomic E-state index is 12.4. The second-order valence-electron chi connectivity index (χ2n) is 7.34. The van der Waals surface area contributed by atoms with E-state index in [1.807, 2.05) is 12.1 Å². The van der Waals surface area contributed by atoms with Crippen LogP contribution in [-0.2, 0) is 16.4 Å². The van der Waals surface area contributed by atoms with Gasteiger partial charge in [-0.3, -0.25) is 4.90 Å². The Balaban J connectivity index is 1.44. The van der Waals surface area contributed by atoms with Gasteiger partial charge in [0.2, 0.25) is 0 Å². The van der Waals surface area contributed by atoms with E-state index >= 15 is 0 Å². The maximum Gasteiger partial charge on any atom is 0.317 e. The Hall–Kier alpha value is -1.80. The molecule has 1 atom stereocenters. The molecular formula is C18H27N3O4S. The molecule has 2 amide bonds. The summed E-state index contributed by atoms with van der Waals surface area (Å²) in [6, 6.07) is 7.00. The van der Waals surface area contributed by atoms with Crippen molar-refractivity contribution in [3.05, 3.63) is 29.8 Å². The quantitative estimate of drug-likeness (QED) is 0.818. The van der Waals surface area contributed by atoms with Crippen LogP contribution in [0.4, 0.5) is 4.79 Å². The van der Waals surface area contributed by atoms with Gasteiger partial charge in [-0.25, -0.2) is 13.2 Å². The minimum atomic E-state index is -2.99. The first-order valence-corrected chi connectivity index (χ1v) is 10.9. The van der Waals surface area contributed by atoms with Crippen molar-refractivity contribution >= 4 is 15.9 Å². The number of phenolic OH excluding ortho intramolecular Hbond substituents is 1. The highest BCUT2D eigenvalue weighted by Crippen LogP contribution is 2.19. The number of sulfone groups is 1. The van der Waals surface area contributed by atoms with Crippen LogP contribution in [0.3, 0.4) is 0 Å². The van der Waals surface area contributed by atoms with Gasteiger partial charge in [0.1, 0.15) is 5.75 Å². The summed E-state index contributed by atoms with van der Waals surface area (Å²) in [5.74, 6) is 0.517. The molecule has 1 aromatic carbocycles. The van der Waals surface area contributed by atoms with E-state index in [2.05, 4.69) is 10.2 Å². The van der Waals surface area contributed by atoms with Crippen LogP contribution in [0, 0.1) is 0 Å². The molecule has 0 radical (unpaired) electrons. The summed E-state index contributed by atoms with van der Waals surface area (Å²) in [4.78, 5) is 16.3. The van der Waals surface area contributed by atoms with Gasteiger partial charge in [0.05, 0.1) is 11.5 Å². The van der Waals surface area contributed by atoms with Gasteiger partial charge in [-0.1, -0.05) is 12.1 Å². The van der Waals surface area contributed by atoms with Crippen LogP contribution >= 0.6 is 0 Å². The number of aromatic hydroxyl groups is 1. The maximum atomic E-state index is 12.4. The molecule has 3 rings (SSSR count). The normalized spacial score (nSPS) is 23.7. The van der Waals surface area contributed by atoms with E-state index in [-0.39, 0.29) is 35.4 Å². The smallest absolute Gasteiger partial charge is 0.317 e. The molecule has 2 saturated heterocycles. The van der Waals surface area contributed by atoms with Gasteiger partial charge in [-0.2, -0.15) is 0 Å². The number of benzene rings is 1. The van der Waals surface area contributed by atoms with E-state index in [4.69, 9.17) is 0 Å². The number of phenols is 1. The number of amides is 2. The lowest BCUT2D eigenvalue weighted by Gasteiger charge is -2.34. The molecular weight excluding hydrogens is 354 g/mol. The molecule has 144 valence electrons. The van der Waals surface area contributed by atoms with Crippen LogP contribution < -0.4 is 5.32 Å². The fourth-order valence-corrected chi connectivity index (χ4v) is 5.45. The first-order chi connectivity index (χ1) is 12.3. The zero-order chi connectivity index (χ0) is 18.7. The molecule has 0 unspecified atom stereocenters. The van der Waals surface area contributed by atoms with E-state index < -0.39 is 9.84 Å². The minimum absolute atomic E-state index is 0.0687. The van der Waals surface area contributed by atoms with Gasteiger partial charge >= 0.3 is 6.03 Å². The SMILES string of the molecule is CN(C(=O)NC1CCN(Cc2cccc(O)c2)CC1)[C@H]1CCS(=O)(=O)C1. The highest BCUT2D eigenvalue weighted by Gasteiger charge is 2.33. The Bertz CT molecular complexity index is 745. The summed E-state index contributed by atoms with van der Waals surface area (Å²) in [5.41, 5.74) is 1.08. The summed E-state index contributed by atoms with van der Waals surface area (Å²) >= 11 is 0. The Morgan fingerprint density at radius 1 is 1.31 bits per heavy atom. The summed E-state index contributed by atoms with van der Waals surface area (Å²) < 4.78 is 23.2. The lowest BCUT2D eigenvalue weighted by Crippen LogP contribution is -2.50. The van der Waals surface area contributed by atoms with Gasteiger partial charge in [0.25, 0.3) is 0 Å².